The molecule has 2 fully saturated rings. The molecule has 0 aromatic carbocycles. The topological polar surface area (TPSA) is 144 Å². The van der Waals surface area contributed by atoms with Crippen LogP contribution in [0.15, 0.2) is 18.3 Å². The molecule has 2 aromatic rings. The van der Waals surface area contributed by atoms with Gasteiger partial charge in [-0.3, -0.25) is 24.7 Å². The first-order chi connectivity index (χ1) is 19.4. The van der Waals surface area contributed by atoms with Crippen molar-refractivity contribution in [1.82, 2.24) is 19.8 Å². The van der Waals surface area contributed by atoms with Crippen molar-refractivity contribution in [1.29, 1.82) is 5.26 Å². The lowest BCUT2D eigenvalue weighted by Gasteiger charge is -2.33. The highest BCUT2D eigenvalue weighted by Gasteiger charge is 2.30. The van der Waals surface area contributed by atoms with Crippen molar-refractivity contribution >= 4 is 47.3 Å². The number of fused-ring (bicyclic) bond motifs is 1. The summed E-state index contributed by atoms with van der Waals surface area (Å²) < 4.78 is 5.54. The normalized spacial score (nSPS) is 21.1. The second-order valence-corrected chi connectivity index (χ2v) is 11.2. The Hall–Kier alpha value is -3.73. The molecule has 5 heterocycles. The van der Waals surface area contributed by atoms with Crippen LogP contribution in [0.1, 0.15) is 33.6 Å². The molecule has 2 unspecified atom stereocenters. The maximum absolute atomic E-state index is 13.4. The average molecular weight is 565 g/mol. The van der Waals surface area contributed by atoms with Crippen LogP contribution in [-0.4, -0.2) is 102 Å². The molecule has 13 heteroatoms. The van der Waals surface area contributed by atoms with Gasteiger partial charge in [0.15, 0.2) is 6.29 Å². The Morgan fingerprint density at radius 3 is 2.90 bits per heavy atom. The molecule has 3 aliphatic heterocycles. The molecule has 3 aliphatic rings. The van der Waals surface area contributed by atoms with Crippen molar-refractivity contribution in [3.05, 3.63) is 40.7 Å². The lowest BCUT2D eigenvalue weighted by Crippen LogP contribution is -2.48. The van der Waals surface area contributed by atoms with Gasteiger partial charge in [0, 0.05) is 62.6 Å². The van der Waals surface area contributed by atoms with Crippen molar-refractivity contribution in [2.45, 2.75) is 31.5 Å². The van der Waals surface area contributed by atoms with Crippen molar-refractivity contribution < 1.29 is 19.1 Å². The first kappa shape index (κ1) is 27.8. The number of aryl methyl sites for hydroxylation is 1. The van der Waals surface area contributed by atoms with E-state index in [9.17, 15) is 19.6 Å². The molecule has 0 bridgehead atoms. The molecule has 2 N–H and O–H groups in total. The van der Waals surface area contributed by atoms with Gasteiger partial charge in [0.2, 0.25) is 5.91 Å². The van der Waals surface area contributed by atoms with Crippen LogP contribution in [0.5, 0.6) is 0 Å². The van der Waals surface area contributed by atoms with E-state index in [4.69, 9.17) is 4.74 Å². The molecule has 0 spiro atoms. The molecular weight excluding hydrogens is 532 g/mol. The Labute approximate surface area is 237 Å². The number of anilines is 3. The fraction of sp³-hybridized carbons (Fsp3) is 0.481. The van der Waals surface area contributed by atoms with Crippen LogP contribution in [0.4, 0.5) is 22.1 Å². The second kappa shape index (κ2) is 12.2. The van der Waals surface area contributed by atoms with Gasteiger partial charge in [-0.05, 0) is 31.5 Å². The number of amides is 3. The molecule has 3 amide bonds. The van der Waals surface area contributed by atoms with E-state index < -0.39 is 6.03 Å². The average Bonchev–Trinajstić information content (AvgIpc) is 3.41. The summed E-state index contributed by atoms with van der Waals surface area (Å²) in [5.41, 5.74) is 2.69. The Morgan fingerprint density at radius 1 is 1.30 bits per heavy atom. The Balaban J connectivity index is 1.34. The number of carbonyl (C=O) groups is 3. The van der Waals surface area contributed by atoms with Gasteiger partial charge in [-0.2, -0.15) is 17.0 Å². The Bertz CT molecular complexity index is 1350. The fourth-order valence-electron chi connectivity index (χ4n) is 5.19. The molecule has 2 aromatic heterocycles. The van der Waals surface area contributed by atoms with Crippen LogP contribution < -0.4 is 15.5 Å². The zero-order chi connectivity index (χ0) is 28.2. The van der Waals surface area contributed by atoms with Gasteiger partial charge < -0.3 is 15.0 Å². The van der Waals surface area contributed by atoms with Crippen molar-refractivity contribution in [2.24, 2.45) is 0 Å². The number of piperazine rings is 1. The highest BCUT2D eigenvalue weighted by molar-refractivity contribution is 7.99. The molecular formula is C27H32N8O4S. The van der Waals surface area contributed by atoms with E-state index in [1.54, 1.807) is 29.8 Å². The number of urea groups is 1. The maximum atomic E-state index is 13.4. The van der Waals surface area contributed by atoms with E-state index in [0.29, 0.717) is 67.3 Å². The number of ether oxygens (including phenoxy) is 1. The number of nitrogens with zero attached hydrogens (tertiary/aromatic N) is 6. The number of aldehydes is 1. The van der Waals surface area contributed by atoms with Crippen molar-refractivity contribution in [3.63, 3.8) is 0 Å². The minimum absolute atomic E-state index is 0.0116. The van der Waals surface area contributed by atoms with E-state index in [2.05, 4.69) is 26.7 Å². The number of pyridine rings is 2. The summed E-state index contributed by atoms with van der Waals surface area (Å²) in [6.45, 7) is 2.43. The third-order valence-corrected chi connectivity index (χ3v) is 8.59. The van der Waals surface area contributed by atoms with Gasteiger partial charge in [0.25, 0.3) is 0 Å². The summed E-state index contributed by atoms with van der Waals surface area (Å²) >= 11 is 1.77. The summed E-state index contributed by atoms with van der Waals surface area (Å²) in [5.74, 6) is 2.43. The highest BCUT2D eigenvalue weighted by Crippen LogP contribution is 2.30. The van der Waals surface area contributed by atoms with Crippen LogP contribution in [0.2, 0.25) is 0 Å². The number of hydrogen-bond acceptors (Lipinski definition) is 10. The largest absolute Gasteiger partial charge is 0.378 e. The van der Waals surface area contributed by atoms with E-state index >= 15 is 0 Å². The van der Waals surface area contributed by atoms with E-state index in [-0.39, 0.29) is 23.7 Å². The second-order valence-electron chi connectivity index (χ2n) is 10.2. The molecule has 0 saturated carbocycles. The Morgan fingerprint density at radius 2 is 2.15 bits per heavy atom. The van der Waals surface area contributed by atoms with Gasteiger partial charge in [0.1, 0.15) is 23.4 Å². The zero-order valence-electron chi connectivity index (χ0n) is 22.6. The van der Waals surface area contributed by atoms with Crippen LogP contribution in [0.25, 0.3) is 0 Å². The summed E-state index contributed by atoms with van der Waals surface area (Å²) in [7, 11) is 3.58. The van der Waals surface area contributed by atoms with Crippen LogP contribution in [0, 0.1) is 11.3 Å². The monoisotopic (exact) mass is 564 g/mol. The molecule has 0 aliphatic carbocycles. The molecule has 0 radical (unpaired) electrons. The van der Waals surface area contributed by atoms with E-state index in [0.717, 1.165) is 30.0 Å². The van der Waals surface area contributed by atoms with E-state index in [1.807, 2.05) is 18.0 Å². The van der Waals surface area contributed by atoms with Crippen molar-refractivity contribution in [2.75, 3.05) is 67.4 Å². The number of methoxy groups -OCH3 is 1. The van der Waals surface area contributed by atoms with Gasteiger partial charge in [-0.1, -0.05) is 0 Å². The summed E-state index contributed by atoms with van der Waals surface area (Å²) in [6.07, 6.45) is 3.56. The number of thioether (sulfide) groups is 1. The number of likely N-dealkylation sites (N-methyl/N-ethyl adjacent to an activating group) is 1. The molecule has 210 valence electrons. The van der Waals surface area contributed by atoms with Gasteiger partial charge in [0.05, 0.1) is 29.9 Å². The van der Waals surface area contributed by atoms with Crippen LogP contribution in [-0.2, 0) is 22.5 Å². The number of hydrogen-bond donors (Lipinski definition) is 2. The standard InChI is InChI=1S/C27H32N8O4S/c1-33-6-7-34(25(37)13-33)12-18-8-17-4-3-5-35(26(17)31-21(18)14-36)27(38)32-24-9-20(19(10-28)11-29-24)30-22-15-40-16-23(22)39-2/h8-9,11,14,22-23H,3-7,12-13,15-16H2,1-2H3,(H2,29,30,32,38). The van der Waals surface area contributed by atoms with Gasteiger partial charge in [-0.25, -0.2) is 14.8 Å². The highest BCUT2D eigenvalue weighted by atomic mass is 32.2. The van der Waals surface area contributed by atoms with E-state index in [1.165, 1.54) is 11.1 Å². The quantitative estimate of drug-likeness (QED) is 0.479. The molecule has 2 saturated heterocycles. The third kappa shape index (κ3) is 5.89. The lowest BCUT2D eigenvalue weighted by atomic mass is 10.0. The molecule has 2 atom stereocenters. The smallest absolute Gasteiger partial charge is 0.328 e. The minimum Gasteiger partial charge on any atom is -0.378 e. The van der Waals surface area contributed by atoms with Crippen LogP contribution in [0.3, 0.4) is 0 Å². The SMILES string of the molecule is COC1CSCC1Nc1cc(NC(=O)N2CCCc3cc(CN4CCN(C)CC4=O)c(C=O)nc32)ncc1C#N. The summed E-state index contributed by atoms with van der Waals surface area (Å²) in [4.78, 5) is 51.9. The predicted molar refractivity (Wildman–Crippen MR) is 152 cm³/mol. The lowest BCUT2D eigenvalue weighted by molar-refractivity contribution is -0.136. The zero-order valence-corrected chi connectivity index (χ0v) is 23.4. The van der Waals surface area contributed by atoms with Gasteiger partial charge >= 0.3 is 6.03 Å². The maximum Gasteiger partial charge on any atom is 0.328 e. The minimum atomic E-state index is -0.429. The van der Waals surface area contributed by atoms with Crippen LogP contribution >= 0.6 is 11.8 Å². The Kier molecular flexibility index (Phi) is 8.49. The molecule has 5 rings (SSSR count). The summed E-state index contributed by atoms with van der Waals surface area (Å²) in [5, 5.41) is 15.8. The number of carbonyl (C=O) groups excluding carboxylic acids is 3. The predicted octanol–water partition coefficient (Wildman–Crippen LogP) is 1.96. The first-order valence-corrected chi connectivity index (χ1v) is 14.4. The summed E-state index contributed by atoms with van der Waals surface area (Å²) in [6, 6.07) is 5.29. The fourth-order valence-corrected chi connectivity index (χ4v) is 6.48. The number of aromatic nitrogens is 2. The molecule has 40 heavy (non-hydrogen) atoms. The first-order valence-electron chi connectivity index (χ1n) is 13.2. The molecule has 12 nitrogen and oxygen atoms in total. The van der Waals surface area contributed by atoms with Crippen molar-refractivity contribution in [3.8, 4) is 6.07 Å². The number of nitrogens with one attached hydrogen (secondary N) is 2. The number of rotatable bonds is 7. The third-order valence-electron chi connectivity index (χ3n) is 7.43. The van der Waals surface area contributed by atoms with Gasteiger partial charge in [-0.15, -0.1) is 0 Å². The number of nitriles is 1.